The summed E-state index contributed by atoms with van der Waals surface area (Å²) >= 11 is 0. The van der Waals surface area contributed by atoms with Crippen LogP contribution in [0.4, 0.5) is 0 Å². The Hall–Kier alpha value is -1.14. The van der Waals surface area contributed by atoms with Gasteiger partial charge in [-0.15, -0.1) is 0 Å². The standard InChI is InChI=1S/C13H20N2O3S/c1-10(2)9-19(16,17)15-7-13(8-15)18-12-4-5-14-11(3)6-12/h4-6,10,13H,7-9H2,1-3H3. The highest BCUT2D eigenvalue weighted by Crippen LogP contribution is 2.21. The predicted molar refractivity (Wildman–Crippen MR) is 73.6 cm³/mol. The van der Waals surface area contributed by atoms with Crippen LogP contribution < -0.4 is 4.74 Å². The van der Waals surface area contributed by atoms with Crippen LogP contribution in [-0.2, 0) is 10.0 Å². The van der Waals surface area contributed by atoms with E-state index in [1.165, 1.54) is 4.31 Å². The lowest BCUT2D eigenvalue weighted by molar-refractivity contribution is 0.0759. The molecular weight excluding hydrogens is 264 g/mol. The number of pyridine rings is 1. The van der Waals surface area contributed by atoms with Gasteiger partial charge in [0.05, 0.1) is 18.8 Å². The second-order valence-electron chi connectivity index (χ2n) is 5.36. The zero-order chi connectivity index (χ0) is 14.0. The molecule has 0 amide bonds. The predicted octanol–water partition coefficient (Wildman–Crippen LogP) is 1.44. The van der Waals surface area contributed by atoms with Crippen LogP contribution in [0.5, 0.6) is 5.75 Å². The number of aromatic nitrogens is 1. The van der Waals surface area contributed by atoms with Gasteiger partial charge in [0.2, 0.25) is 10.0 Å². The third-order valence-corrected chi connectivity index (χ3v) is 5.10. The van der Waals surface area contributed by atoms with Crippen molar-refractivity contribution in [3.05, 3.63) is 24.0 Å². The van der Waals surface area contributed by atoms with Gasteiger partial charge in [0.25, 0.3) is 0 Å². The van der Waals surface area contributed by atoms with Gasteiger partial charge >= 0.3 is 0 Å². The van der Waals surface area contributed by atoms with Crippen LogP contribution in [0.25, 0.3) is 0 Å². The molecule has 106 valence electrons. The number of hydrogen-bond donors (Lipinski definition) is 0. The highest BCUT2D eigenvalue weighted by Gasteiger charge is 2.37. The van der Waals surface area contributed by atoms with Gasteiger partial charge in [-0.3, -0.25) is 4.98 Å². The van der Waals surface area contributed by atoms with E-state index < -0.39 is 10.0 Å². The summed E-state index contributed by atoms with van der Waals surface area (Å²) in [6.45, 7) is 6.59. The molecule has 2 heterocycles. The molecule has 1 aliphatic heterocycles. The first-order chi connectivity index (χ1) is 8.87. The molecule has 1 aromatic rings. The number of nitrogens with zero attached hydrogens (tertiary/aromatic N) is 2. The van der Waals surface area contributed by atoms with Crippen LogP contribution in [0.1, 0.15) is 19.5 Å². The maximum Gasteiger partial charge on any atom is 0.214 e. The molecule has 1 fully saturated rings. The van der Waals surface area contributed by atoms with Gasteiger partial charge in [0.1, 0.15) is 11.9 Å². The number of ether oxygens (including phenoxy) is 1. The summed E-state index contributed by atoms with van der Waals surface area (Å²) in [5, 5.41) is 0. The number of rotatable bonds is 5. The summed E-state index contributed by atoms with van der Waals surface area (Å²) < 4.78 is 31.1. The smallest absolute Gasteiger partial charge is 0.214 e. The van der Waals surface area contributed by atoms with Crippen molar-refractivity contribution < 1.29 is 13.2 Å². The van der Waals surface area contributed by atoms with Crippen LogP contribution in [-0.4, -0.2) is 42.7 Å². The van der Waals surface area contributed by atoms with Crippen molar-refractivity contribution in [2.24, 2.45) is 5.92 Å². The number of sulfonamides is 1. The van der Waals surface area contributed by atoms with Crippen molar-refractivity contribution >= 4 is 10.0 Å². The molecule has 0 atom stereocenters. The summed E-state index contributed by atoms with van der Waals surface area (Å²) in [7, 11) is -3.12. The van der Waals surface area contributed by atoms with Crippen LogP contribution in [0.15, 0.2) is 18.3 Å². The Morgan fingerprint density at radius 1 is 1.47 bits per heavy atom. The monoisotopic (exact) mass is 284 g/mol. The van der Waals surface area contributed by atoms with Crippen molar-refractivity contribution in [1.29, 1.82) is 0 Å². The van der Waals surface area contributed by atoms with Gasteiger partial charge in [-0.1, -0.05) is 13.8 Å². The summed E-state index contributed by atoms with van der Waals surface area (Å²) in [5.74, 6) is 1.10. The Morgan fingerprint density at radius 3 is 2.74 bits per heavy atom. The first-order valence-electron chi connectivity index (χ1n) is 6.44. The Kier molecular flexibility index (Phi) is 4.10. The van der Waals surface area contributed by atoms with Crippen molar-refractivity contribution in [3.8, 4) is 5.75 Å². The molecule has 1 saturated heterocycles. The summed E-state index contributed by atoms with van der Waals surface area (Å²) in [6, 6.07) is 3.64. The molecule has 1 aliphatic rings. The van der Waals surface area contributed by atoms with Gasteiger partial charge < -0.3 is 4.74 Å². The van der Waals surface area contributed by atoms with Crippen LogP contribution >= 0.6 is 0 Å². The van der Waals surface area contributed by atoms with Crippen molar-refractivity contribution in [2.45, 2.75) is 26.9 Å². The highest BCUT2D eigenvalue weighted by atomic mass is 32.2. The van der Waals surface area contributed by atoms with Crippen LogP contribution in [0.2, 0.25) is 0 Å². The minimum atomic E-state index is -3.12. The normalized spacial score (nSPS) is 17.5. The molecule has 0 unspecified atom stereocenters. The third kappa shape index (κ3) is 3.67. The van der Waals surface area contributed by atoms with E-state index >= 15 is 0 Å². The molecule has 5 nitrogen and oxygen atoms in total. The summed E-state index contributed by atoms with van der Waals surface area (Å²) in [6.07, 6.45) is 1.64. The summed E-state index contributed by atoms with van der Waals surface area (Å²) in [4.78, 5) is 4.09. The molecule has 0 aromatic carbocycles. The first-order valence-corrected chi connectivity index (χ1v) is 8.05. The van der Waals surface area contributed by atoms with E-state index in [-0.39, 0.29) is 17.8 Å². The fourth-order valence-electron chi connectivity index (χ4n) is 2.01. The fraction of sp³-hybridized carbons (Fsp3) is 0.615. The zero-order valence-electron chi connectivity index (χ0n) is 11.5. The Balaban J connectivity index is 1.87. The van der Waals surface area contributed by atoms with Gasteiger partial charge in [-0.25, -0.2) is 8.42 Å². The SMILES string of the molecule is Cc1cc(OC2CN(S(=O)(=O)CC(C)C)C2)ccn1. The maximum atomic E-state index is 11.9. The molecule has 0 bridgehead atoms. The molecule has 0 spiro atoms. The van der Waals surface area contributed by atoms with Crippen LogP contribution in [0.3, 0.4) is 0 Å². The van der Waals surface area contributed by atoms with Gasteiger partial charge in [0.15, 0.2) is 0 Å². The average Bonchev–Trinajstić information content (AvgIpc) is 2.20. The van der Waals surface area contributed by atoms with E-state index in [2.05, 4.69) is 4.98 Å². The lowest BCUT2D eigenvalue weighted by Gasteiger charge is -2.38. The van der Waals surface area contributed by atoms with E-state index in [1.807, 2.05) is 26.8 Å². The van der Waals surface area contributed by atoms with Crippen molar-refractivity contribution in [3.63, 3.8) is 0 Å². The zero-order valence-corrected chi connectivity index (χ0v) is 12.4. The van der Waals surface area contributed by atoms with Gasteiger partial charge in [-0.05, 0) is 18.9 Å². The van der Waals surface area contributed by atoms with Crippen LogP contribution in [0, 0.1) is 12.8 Å². The summed E-state index contributed by atoms with van der Waals surface area (Å²) in [5.41, 5.74) is 0.890. The molecular formula is C13H20N2O3S. The third-order valence-electron chi connectivity index (χ3n) is 2.92. The van der Waals surface area contributed by atoms with E-state index in [4.69, 9.17) is 4.74 Å². The molecule has 1 aromatic heterocycles. The van der Waals surface area contributed by atoms with E-state index in [9.17, 15) is 8.42 Å². The quantitative estimate of drug-likeness (QED) is 0.821. The molecule has 2 rings (SSSR count). The average molecular weight is 284 g/mol. The van der Waals surface area contributed by atoms with Crippen molar-refractivity contribution in [1.82, 2.24) is 9.29 Å². The second kappa shape index (κ2) is 5.46. The number of hydrogen-bond acceptors (Lipinski definition) is 4. The Morgan fingerprint density at radius 2 is 2.16 bits per heavy atom. The highest BCUT2D eigenvalue weighted by molar-refractivity contribution is 7.89. The van der Waals surface area contributed by atoms with E-state index in [0.717, 1.165) is 11.4 Å². The lowest BCUT2D eigenvalue weighted by atomic mass is 10.2. The molecule has 0 radical (unpaired) electrons. The molecule has 6 heteroatoms. The van der Waals surface area contributed by atoms with Gasteiger partial charge in [0, 0.05) is 18.0 Å². The number of aryl methyl sites for hydroxylation is 1. The fourth-order valence-corrected chi connectivity index (χ4v) is 3.85. The molecule has 0 saturated carbocycles. The van der Waals surface area contributed by atoms with E-state index in [1.54, 1.807) is 12.3 Å². The van der Waals surface area contributed by atoms with E-state index in [0.29, 0.717) is 13.1 Å². The minimum absolute atomic E-state index is 0.0521. The topological polar surface area (TPSA) is 59.5 Å². The Labute approximate surface area is 114 Å². The largest absolute Gasteiger partial charge is 0.488 e. The first kappa shape index (κ1) is 14.3. The Bertz CT molecular complexity index is 537. The molecule has 19 heavy (non-hydrogen) atoms. The molecule has 0 N–H and O–H groups in total. The van der Waals surface area contributed by atoms with Gasteiger partial charge in [-0.2, -0.15) is 4.31 Å². The lowest BCUT2D eigenvalue weighted by Crippen LogP contribution is -2.56. The second-order valence-corrected chi connectivity index (χ2v) is 7.38. The minimum Gasteiger partial charge on any atom is -0.488 e. The maximum absolute atomic E-state index is 11.9. The van der Waals surface area contributed by atoms with Crippen molar-refractivity contribution in [2.75, 3.05) is 18.8 Å². The molecule has 0 aliphatic carbocycles.